The number of nitrogens with zero attached hydrogens (tertiary/aromatic N) is 1. The van der Waals surface area contributed by atoms with Crippen LogP contribution in [0.1, 0.15) is 46.5 Å². The van der Waals surface area contributed by atoms with Gasteiger partial charge in [-0.1, -0.05) is 20.8 Å². The van der Waals surface area contributed by atoms with Crippen LogP contribution in [-0.2, 0) is 0 Å². The first-order chi connectivity index (χ1) is 6.53. The summed E-state index contributed by atoms with van der Waals surface area (Å²) < 4.78 is 0. The summed E-state index contributed by atoms with van der Waals surface area (Å²) in [5.41, 5.74) is 6.45. The molecule has 0 radical (unpaired) electrons. The fourth-order valence-electron chi connectivity index (χ4n) is 2.29. The lowest BCUT2D eigenvalue weighted by Crippen LogP contribution is -2.41. The molecule has 1 aliphatic heterocycles. The Morgan fingerprint density at radius 1 is 1.43 bits per heavy atom. The van der Waals surface area contributed by atoms with Gasteiger partial charge in [-0.25, -0.2) is 0 Å². The van der Waals surface area contributed by atoms with Crippen LogP contribution in [0.5, 0.6) is 0 Å². The van der Waals surface area contributed by atoms with Crippen molar-refractivity contribution in [2.24, 2.45) is 11.1 Å². The lowest BCUT2D eigenvalue weighted by Gasteiger charge is -2.38. The second-order valence-corrected chi connectivity index (χ2v) is 5.50. The first-order valence-corrected chi connectivity index (χ1v) is 6.01. The maximum absolute atomic E-state index is 5.93. The molecule has 0 aromatic rings. The van der Waals surface area contributed by atoms with Crippen LogP contribution in [0, 0.1) is 5.41 Å². The Labute approximate surface area is 88.8 Å². The fraction of sp³-hybridized carbons (Fsp3) is 1.00. The molecule has 0 aliphatic carbocycles. The average molecular weight is 198 g/mol. The highest BCUT2D eigenvalue weighted by Gasteiger charge is 2.25. The van der Waals surface area contributed by atoms with Crippen LogP contribution < -0.4 is 5.73 Å². The Bertz CT molecular complexity index is 166. The quantitative estimate of drug-likeness (QED) is 0.750. The summed E-state index contributed by atoms with van der Waals surface area (Å²) in [5, 5.41) is 0. The van der Waals surface area contributed by atoms with Gasteiger partial charge in [-0.3, -0.25) is 0 Å². The second-order valence-electron chi connectivity index (χ2n) is 5.50. The van der Waals surface area contributed by atoms with Gasteiger partial charge in [-0.2, -0.15) is 0 Å². The molecule has 2 N–H and O–H groups in total. The van der Waals surface area contributed by atoms with E-state index in [-0.39, 0.29) is 0 Å². The highest BCUT2D eigenvalue weighted by molar-refractivity contribution is 4.80. The molecule has 0 saturated carbocycles. The minimum atomic E-state index is 0.403. The Kier molecular flexibility index (Phi) is 4.39. The minimum Gasteiger partial charge on any atom is -0.328 e. The van der Waals surface area contributed by atoms with Crippen molar-refractivity contribution in [3.05, 3.63) is 0 Å². The zero-order chi connectivity index (χ0) is 10.6. The summed E-state index contributed by atoms with van der Waals surface area (Å²) in [4.78, 5) is 2.58. The Hall–Kier alpha value is -0.0800. The molecule has 0 aromatic carbocycles. The minimum absolute atomic E-state index is 0.403. The van der Waals surface area contributed by atoms with E-state index in [2.05, 4.69) is 25.7 Å². The van der Waals surface area contributed by atoms with Gasteiger partial charge in [-0.15, -0.1) is 0 Å². The van der Waals surface area contributed by atoms with Crippen molar-refractivity contribution in [2.45, 2.75) is 52.5 Å². The molecule has 2 heteroatoms. The molecular formula is C12H26N2. The lowest BCUT2D eigenvalue weighted by atomic mass is 9.84. The van der Waals surface area contributed by atoms with Gasteiger partial charge in [0, 0.05) is 12.6 Å². The van der Waals surface area contributed by atoms with Gasteiger partial charge in [0.15, 0.2) is 0 Å². The summed E-state index contributed by atoms with van der Waals surface area (Å²) in [7, 11) is 0. The van der Waals surface area contributed by atoms with Crippen molar-refractivity contribution < 1.29 is 0 Å². The van der Waals surface area contributed by atoms with Crippen LogP contribution in [-0.4, -0.2) is 30.6 Å². The topological polar surface area (TPSA) is 29.3 Å². The molecule has 0 aromatic heterocycles. The number of hydrogen-bond donors (Lipinski definition) is 1. The van der Waals surface area contributed by atoms with Crippen molar-refractivity contribution in [1.29, 1.82) is 0 Å². The molecule has 1 unspecified atom stereocenters. The molecule has 1 aliphatic rings. The van der Waals surface area contributed by atoms with Crippen molar-refractivity contribution in [3.63, 3.8) is 0 Å². The first kappa shape index (κ1) is 12.0. The summed E-state index contributed by atoms with van der Waals surface area (Å²) in [5.74, 6) is 0. The maximum Gasteiger partial charge on any atom is 0.00483 e. The van der Waals surface area contributed by atoms with Gasteiger partial charge in [0.1, 0.15) is 0 Å². The molecule has 0 amide bonds. The zero-order valence-corrected chi connectivity index (χ0v) is 10.1. The SMILES string of the molecule is CCC(N)CCN1CCCC(C)(C)C1. The van der Waals surface area contributed by atoms with E-state index in [0.717, 1.165) is 12.8 Å². The monoisotopic (exact) mass is 198 g/mol. The van der Waals surface area contributed by atoms with Crippen molar-refractivity contribution >= 4 is 0 Å². The van der Waals surface area contributed by atoms with E-state index in [4.69, 9.17) is 5.73 Å². The molecule has 0 spiro atoms. The third-order valence-corrected chi connectivity index (χ3v) is 3.32. The van der Waals surface area contributed by atoms with Gasteiger partial charge in [0.05, 0.1) is 0 Å². The third-order valence-electron chi connectivity index (χ3n) is 3.32. The van der Waals surface area contributed by atoms with Gasteiger partial charge in [0.25, 0.3) is 0 Å². The van der Waals surface area contributed by atoms with Crippen LogP contribution in [0.3, 0.4) is 0 Å². The van der Waals surface area contributed by atoms with Crippen molar-refractivity contribution in [2.75, 3.05) is 19.6 Å². The molecule has 1 rings (SSSR count). The highest BCUT2D eigenvalue weighted by atomic mass is 15.1. The standard InChI is InChI=1S/C12H26N2/c1-4-11(13)6-9-14-8-5-7-12(2,3)10-14/h11H,4-10,13H2,1-3H3. The van der Waals surface area contributed by atoms with Crippen LogP contribution in [0.4, 0.5) is 0 Å². The van der Waals surface area contributed by atoms with Gasteiger partial charge in [-0.05, 0) is 44.2 Å². The van der Waals surface area contributed by atoms with E-state index in [1.165, 1.54) is 32.5 Å². The van der Waals surface area contributed by atoms with Crippen LogP contribution in [0.15, 0.2) is 0 Å². The molecule has 2 nitrogen and oxygen atoms in total. The molecule has 0 bridgehead atoms. The van der Waals surface area contributed by atoms with Gasteiger partial charge >= 0.3 is 0 Å². The summed E-state index contributed by atoms with van der Waals surface area (Å²) >= 11 is 0. The van der Waals surface area contributed by atoms with E-state index in [1.54, 1.807) is 0 Å². The highest BCUT2D eigenvalue weighted by Crippen LogP contribution is 2.28. The summed E-state index contributed by atoms with van der Waals surface area (Å²) in [6, 6.07) is 0.403. The predicted molar refractivity (Wildman–Crippen MR) is 62.3 cm³/mol. The van der Waals surface area contributed by atoms with Gasteiger partial charge < -0.3 is 10.6 Å². The van der Waals surface area contributed by atoms with Gasteiger partial charge in [0.2, 0.25) is 0 Å². The first-order valence-electron chi connectivity index (χ1n) is 6.01. The maximum atomic E-state index is 5.93. The van der Waals surface area contributed by atoms with E-state index in [1.807, 2.05) is 0 Å². The van der Waals surface area contributed by atoms with Crippen molar-refractivity contribution in [3.8, 4) is 0 Å². The predicted octanol–water partition coefficient (Wildman–Crippen LogP) is 2.24. The number of nitrogens with two attached hydrogens (primary N) is 1. The molecule has 84 valence electrons. The zero-order valence-electron chi connectivity index (χ0n) is 10.1. The van der Waals surface area contributed by atoms with E-state index in [9.17, 15) is 0 Å². The average Bonchev–Trinajstić information content (AvgIpc) is 2.12. The number of hydrogen-bond acceptors (Lipinski definition) is 2. The van der Waals surface area contributed by atoms with E-state index >= 15 is 0 Å². The number of piperidine rings is 1. The normalized spacial score (nSPS) is 24.9. The molecule has 1 fully saturated rings. The molecule has 1 saturated heterocycles. The Morgan fingerprint density at radius 3 is 2.71 bits per heavy atom. The smallest absolute Gasteiger partial charge is 0.00483 e. The number of likely N-dealkylation sites (tertiary alicyclic amines) is 1. The van der Waals surface area contributed by atoms with E-state index in [0.29, 0.717) is 11.5 Å². The Balaban J connectivity index is 2.24. The molecule has 14 heavy (non-hydrogen) atoms. The largest absolute Gasteiger partial charge is 0.328 e. The molecule has 1 heterocycles. The third kappa shape index (κ3) is 3.97. The van der Waals surface area contributed by atoms with E-state index < -0.39 is 0 Å². The van der Waals surface area contributed by atoms with Crippen LogP contribution in [0.2, 0.25) is 0 Å². The van der Waals surface area contributed by atoms with Crippen molar-refractivity contribution in [1.82, 2.24) is 4.90 Å². The second kappa shape index (κ2) is 5.13. The van der Waals surface area contributed by atoms with Crippen LogP contribution in [0.25, 0.3) is 0 Å². The molecule has 1 atom stereocenters. The summed E-state index contributed by atoms with van der Waals surface area (Å²) in [6.45, 7) is 10.6. The molecular weight excluding hydrogens is 172 g/mol. The summed E-state index contributed by atoms with van der Waals surface area (Å²) in [6.07, 6.45) is 5.00. The fourth-order valence-corrected chi connectivity index (χ4v) is 2.29. The Morgan fingerprint density at radius 2 is 2.14 bits per heavy atom. The number of rotatable bonds is 4. The lowest BCUT2D eigenvalue weighted by molar-refractivity contribution is 0.114. The van der Waals surface area contributed by atoms with Crippen LogP contribution >= 0.6 is 0 Å².